The second kappa shape index (κ2) is 5.46. The minimum absolute atomic E-state index is 0.0601. The van der Waals surface area contributed by atoms with Gasteiger partial charge < -0.3 is 10.3 Å². The zero-order valence-corrected chi connectivity index (χ0v) is 9.59. The first-order valence-corrected chi connectivity index (χ1v) is 6.05. The Bertz CT molecular complexity index is 422. The Morgan fingerprint density at radius 3 is 3.19 bits per heavy atom. The number of rotatable bonds is 5. The Morgan fingerprint density at radius 1 is 1.56 bits per heavy atom. The summed E-state index contributed by atoms with van der Waals surface area (Å²) in [7, 11) is 0. The van der Waals surface area contributed by atoms with E-state index in [0.717, 1.165) is 17.8 Å². The van der Waals surface area contributed by atoms with Crippen LogP contribution in [0.1, 0.15) is 11.4 Å². The molecule has 2 N–H and O–H groups in total. The molecule has 0 aliphatic carbocycles. The lowest BCUT2D eigenvalue weighted by molar-refractivity contribution is -0.120. The highest BCUT2D eigenvalue weighted by Crippen LogP contribution is 2.06. The first-order valence-electron chi connectivity index (χ1n) is 5.10. The van der Waals surface area contributed by atoms with Crippen LogP contribution in [0.25, 0.3) is 0 Å². The fraction of sp³-hybridized carbons (Fsp3) is 0.273. The lowest BCUT2D eigenvalue weighted by Crippen LogP contribution is -2.27. The van der Waals surface area contributed by atoms with E-state index >= 15 is 0 Å². The molecule has 4 nitrogen and oxygen atoms in total. The molecule has 2 aromatic heterocycles. The number of nitrogens with one attached hydrogen (secondary N) is 2. The third kappa shape index (κ3) is 3.20. The van der Waals surface area contributed by atoms with E-state index in [4.69, 9.17) is 0 Å². The topological polar surface area (TPSA) is 57.8 Å². The van der Waals surface area contributed by atoms with Crippen LogP contribution in [0, 0.1) is 0 Å². The van der Waals surface area contributed by atoms with Crippen molar-refractivity contribution in [3.8, 4) is 0 Å². The van der Waals surface area contributed by atoms with E-state index < -0.39 is 0 Å². The van der Waals surface area contributed by atoms with E-state index in [2.05, 4.69) is 15.3 Å². The fourth-order valence-corrected chi connectivity index (χ4v) is 2.06. The third-order valence-corrected chi connectivity index (χ3v) is 2.92. The van der Waals surface area contributed by atoms with Crippen LogP contribution in [0.15, 0.2) is 29.2 Å². The Balaban J connectivity index is 1.68. The summed E-state index contributed by atoms with van der Waals surface area (Å²) in [5.41, 5.74) is 1.07. The minimum atomic E-state index is 0.0601. The van der Waals surface area contributed by atoms with E-state index in [9.17, 15) is 4.79 Å². The summed E-state index contributed by atoms with van der Waals surface area (Å²) >= 11 is 1.61. The van der Waals surface area contributed by atoms with Crippen molar-refractivity contribution in [2.75, 3.05) is 6.54 Å². The normalized spacial score (nSPS) is 10.2. The monoisotopic (exact) mass is 235 g/mol. The molecule has 0 saturated heterocycles. The molecule has 1 amide bonds. The van der Waals surface area contributed by atoms with E-state index in [1.54, 1.807) is 23.7 Å². The van der Waals surface area contributed by atoms with Crippen LogP contribution in [0.3, 0.4) is 0 Å². The molecule has 2 heterocycles. The third-order valence-electron chi connectivity index (χ3n) is 2.18. The molecule has 2 aromatic rings. The smallest absolute Gasteiger partial charge is 0.224 e. The van der Waals surface area contributed by atoms with Crippen molar-refractivity contribution in [1.82, 2.24) is 15.3 Å². The molecular formula is C11H13N3OS. The van der Waals surface area contributed by atoms with Crippen molar-refractivity contribution in [3.05, 3.63) is 40.6 Å². The zero-order chi connectivity index (χ0) is 11.2. The predicted molar refractivity (Wildman–Crippen MR) is 63.3 cm³/mol. The second-order valence-corrected chi connectivity index (χ2v) is 4.22. The highest BCUT2D eigenvalue weighted by molar-refractivity contribution is 7.07. The van der Waals surface area contributed by atoms with E-state index in [1.165, 1.54) is 0 Å². The van der Waals surface area contributed by atoms with Crippen LogP contribution in [0.5, 0.6) is 0 Å². The van der Waals surface area contributed by atoms with Gasteiger partial charge in [0.15, 0.2) is 0 Å². The molecule has 0 saturated carbocycles. The summed E-state index contributed by atoms with van der Waals surface area (Å²) in [5, 5.41) is 6.83. The minimum Gasteiger partial charge on any atom is -0.355 e. The SMILES string of the molecule is O=C(Cc1ccsc1)NCCc1ncc[nH]1. The van der Waals surface area contributed by atoms with E-state index in [1.807, 2.05) is 16.8 Å². The molecule has 0 aliphatic rings. The number of hydrogen-bond acceptors (Lipinski definition) is 3. The van der Waals surface area contributed by atoms with Gasteiger partial charge in [-0.15, -0.1) is 0 Å². The zero-order valence-electron chi connectivity index (χ0n) is 8.77. The van der Waals surface area contributed by atoms with Gasteiger partial charge in [-0.2, -0.15) is 11.3 Å². The van der Waals surface area contributed by atoms with Crippen LogP contribution >= 0.6 is 11.3 Å². The number of H-pyrrole nitrogens is 1. The van der Waals surface area contributed by atoms with Crippen molar-refractivity contribution < 1.29 is 4.79 Å². The van der Waals surface area contributed by atoms with Gasteiger partial charge in [-0.3, -0.25) is 4.79 Å². The molecule has 16 heavy (non-hydrogen) atoms. The maximum absolute atomic E-state index is 11.5. The molecule has 0 aliphatic heterocycles. The average molecular weight is 235 g/mol. The fourth-order valence-electron chi connectivity index (χ4n) is 1.40. The highest BCUT2D eigenvalue weighted by Gasteiger charge is 2.03. The Kier molecular flexibility index (Phi) is 3.71. The lowest BCUT2D eigenvalue weighted by atomic mass is 10.2. The van der Waals surface area contributed by atoms with E-state index in [0.29, 0.717) is 13.0 Å². The maximum Gasteiger partial charge on any atom is 0.224 e. The summed E-state index contributed by atoms with van der Waals surface area (Å²) in [6.07, 6.45) is 4.69. The quantitative estimate of drug-likeness (QED) is 0.822. The molecule has 0 atom stereocenters. The van der Waals surface area contributed by atoms with Crippen molar-refractivity contribution in [1.29, 1.82) is 0 Å². The van der Waals surface area contributed by atoms with Crippen LogP contribution in [0.2, 0.25) is 0 Å². The molecule has 0 unspecified atom stereocenters. The average Bonchev–Trinajstić information content (AvgIpc) is 2.90. The van der Waals surface area contributed by atoms with Gasteiger partial charge in [0.25, 0.3) is 0 Å². The van der Waals surface area contributed by atoms with E-state index in [-0.39, 0.29) is 5.91 Å². The number of hydrogen-bond donors (Lipinski definition) is 2. The first-order chi connectivity index (χ1) is 7.84. The Labute approximate surface area is 97.7 Å². The van der Waals surface area contributed by atoms with Gasteiger partial charge in [-0.25, -0.2) is 4.98 Å². The summed E-state index contributed by atoms with van der Waals surface area (Å²) in [5.74, 6) is 0.959. The first kappa shape index (κ1) is 10.9. The van der Waals surface area contributed by atoms with Gasteiger partial charge in [-0.05, 0) is 22.4 Å². The molecule has 0 bridgehead atoms. The van der Waals surface area contributed by atoms with Gasteiger partial charge in [0, 0.05) is 25.4 Å². The summed E-state index contributed by atoms with van der Waals surface area (Å²) in [4.78, 5) is 18.6. The van der Waals surface area contributed by atoms with Gasteiger partial charge in [0.2, 0.25) is 5.91 Å². The standard InChI is InChI=1S/C11H13N3OS/c15-11(7-9-2-6-16-8-9)14-3-1-10-12-4-5-13-10/h2,4-6,8H,1,3,7H2,(H,12,13)(H,14,15). The lowest BCUT2D eigenvalue weighted by Gasteiger charge is -2.02. The van der Waals surface area contributed by atoms with Crippen LogP contribution < -0.4 is 5.32 Å². The number of thiophene rings is 1. The molecule has 5 heteroatoms. The summed E-state index contributed by atoms with van der Waals surface area (Å²) in [6, 6.07) is 1.97. The molecule has 0 fully saturated rings. The van der Waals surface area contributed by atoms with Crippen molar-refractivity contribution >= 4 is 17.2 Å². The van der Waals surface area contributed by atoms with Crippen molar-refractivity contribution in [2.45, 2.75) is 12.8 Å². The number of carbonyl (C=O) groups excluding carboxylic acids is 1. The van der Waals surface area contributed by atoms with Gasteiger partial charge in [0.1, 0.15) is 5.82 Å². The van der Waals surface area contributed by atoms with Crippen molar-refractivity contribution in [3.63, 3.8) is 0 Å². The van der Waals surface area contributed by atoms with Gasteiger partial charge >= 0.3 is 0 Å². The Hall–Kier alpha value is -1.62. The van der Waals surface area contributed by atoms with Crippen LogP contribution in [-0.4, -0.2) is 22.4 Å². The molecular weight excluding hydrogens is 222 g/mol. The van der Waals surface area contributed by atoms with Gasteiger partial charge in [0.05, 0.1) is 6.42 Å². The molecule has 0 aromatic carbocycles. The van der Waals surface area contributed by atoms with Gasteiger partial charge in [-0.1, -0.05) is 0 Å². The number of imidazole rings is 1. The number of nitrogens with zero attached hydrogens (tertiary/aromatic N) is 1. The number of amides is 1. The highest BCUT2D eigenvalue weighted by atomic mass is 32.1. The molecule has 0 spiro atoms. The Morgan fingerprint density at radius 2 is 2.50 bits per heavy atom. The largest absolute Gasteiger partial charge is 0.355 e. The predicted octanol–water partition coefficient (Wildman–Crippen LogP) is 1.37. The molecule has 2 rings (SSSR count). The van der Waals surface area contributed by atoms with Crippen molar-refractivity contribution in [2.24, 2.45) is 0 Å². The molecule has 0 radical (unpaired) electrons. The number of aromatic nitrogens is 2. The second-order valence-electron chi connectivity index (χ2n) is 3.44. The van der Waals surface area contributed by atoms with Crippen LogP contribution in [-0.2, 0) is 17.6 Å². The number of carbonyl (C=O) groups is 1. The number of aromatic amines is 1. The maximum atomic E-state index is 11.5. The summed E-state index contributed by atoms with van der Waals surface area (Å²) < 4.78 is 0. The van der Waals surface area contributed by atoms with Crippen LogP contribution in [0.4, 0.5) is 0 Å². The molecule has 84 valence electrons. The summed E-state index contributed by atoms with van der Waals surface area (Å²) in [6.45, 7) is 0.622.